The van der Waals surface area contributed by atoms with E-state index in [1.807, 2.05) is 6.92 Å². The largest absolute Gasteiger partial charge is 0.390 e. The second-order valence-electron chi connectivity index (χ2n) is 4.68. The highest BCUT2D eigenvalue weighted by Gasteiger charge is 2.30. The number of halogens is 2. The average Bonchev–Trinajstić information content (AvgIpc) is 2.44. The molecule has 2 N–H and O–H groups in total. The van der Waals surface area contributed by atoms with Crippen LogP contribution in [0.4, 0.5) is 8.78 Å². The Labute approximate surface area is 120 Å². The molecule has 0 unspecified atom stereocenters. The molecule has 0 amide bonds. The van der Waals surface area contributed by atoms with Crippen molar-refractivity contribution in [3.63, 3.8) is 0 Å². The standard InChI is InChI=1S/C13H14F2N2O3S/c1-9-5-10-3-2-4-11(12(10)16-6-9)21(19,20)17-7-13(14,15)8-18/h2-6,17-18H,7-8H2,1H3. The first-order valence-electron chi connectivity index (χ1n) is 6.09. The lowest BCUT2D eigenvalue weighted by Gasteiger charge is -2.15. The van der Waals surface area contributed by atoms with Crippen molar-refractivity contribution >= 4 is 20.9 Å². The molecule has 0 spiro atoms. The van der Waals surface area contributed by atoms with Gasteiger partial charge in [0, 0.05) is 11.6 Å². The number of hydrogen-bond donors (Lipinski definition) is 2. The normalized spacial score (nSPS) is 12.8. The summed E-state index contributed by atoms with van der Waals surface area (Å²) in [6.07, 6.45) is 1.50. The van der Waals surface area contributed by atoms with Gasteiger partial charge in [0.15, 0.2) is 0 Å². The van der Waals surface area contributed by atoms with E-state index in [-0.39, 0.29) is 10.4 Å². The number of sulfonamides is 1. The minimum atomic E-state index is -4.15. The van der Waals surface area contributed by atoms with Gasteiger partial charge in [0.25, 0.3) is 5.92 Å². The SMILES string of the molecule is Cc1cnc2c(S(=O)(=O)NCC(F)(F)CO)cccc2c1. The fourth-order valence-corrected chi connectivity index (χ4v) is 3.03. The van der Waals surface area contributed by atoms with E-state index in [1.165, 1.54) is 18.3 Å². The monoisotopic (exact) mass is 316 g/mol. The molecule has 0 radical (unpaired) electrons. The Morgan fingerprint density at radius 3 is 2.76 bits per heavy atom. The molecule has 21 heavy (non-hydrogen) atoms. The number of benzene rings is 1. The maximum absolute atomic E-state index is 13.0. The quantitative estimate of drug-likeness (QED) is 0.875. The summed E-state index contributed by atoms with van der Waals surface area (Å²) in [6, 6.07) is 6.26. The third-order valence-corrected chi connectivity index (χ3v) is 4.29. The van der Waals surface area contributed by atoms with Crippen molar-refractivity contribution in [2.24, 2.45) is 0 Å². The molecule has 1 heterocycles. The van der Waals surface area contributed by atoms with Gasteiger partial charge < -0.3 is 5.11 Å². The lowest BCUT2D eigenvalue weighted by molar-refractivity contribution is -0.0437. The smallest absolute Gasteiger partial charge is 0.283 e. The maximum atomic E-state index is 13.0. The molecule has 0 fully saturated rings. The summed E-state index contributed by atoms with van der Waals surface area (Å²) < 4.78 is 52.0. The Morgan fingerprint density at radius 1 is 1.38 bits per heavy atom. The van der Waals surface area contributed by atoms with Crippen LogP contribution in [0.2, 0.25) is 0 Å². The van der Waals surface area contributed by atoms with Crippen LogP contribution >= 0.6 is 0 Å². The van der Waals surface area contributed by atoms with Gasteiger partial charge in [0.1, 0.15) is 11.5 Å². The van der Waals surface area contributed by atoms with E-state index in [1.54, 1.807) is 16.9 Å². The van der Waals surface area contributed by atoms with Crippen molar-refractivity contribution in [3.8, 4) is 0 Å². The van der Waals surface area contributed by atoms with Crippen LogP contribution in [0.3, 0.4) is 0 Å². The lowest BCUT2D eigenvalue weighted by Crippen LogP contribution is -2.39. The van der Waals surface area contributed by atoms with Crippen molar-refractivity contribution in [2.75, 3.05) is 13.2 Å². The molecule has 0 aliphatic rings. The number of aliphatic hydroxyl groups excluding tert-OH is 1. The van der Waals surface area contributed by atoms with Crippen LogP contribution in [-0.4, -0.2) is 37.6 Å². The lowest BCUT2D eigenvalue weighted by atomic mass is 10.2. The molecule has 2 rings (SSSR count). The van der Waals surface area contributed by atoms with Gasteiger partial charge in [-0.15, -0.1) is 0 Å². The second-order valence-corrected chi connectivity index (χ2v) is 6.41. The van der Waals surface area contributed by atoms with Crippen molar-refractivity contribution in [1.29, 1.82) is 0 Å². The molecular weight excluding hydrogens is 302 g/mol. The van der Waals surface area contributed by atoms with Gasteiger partial charge in [-0.1, -0.05) is 12.1 Å². The van der Waals surface area contributed by atoms with Crippen LogP contribution in [0.15, 0.2) is 35.4 Å². The molecule has 0 bridgehead atoms. The first-order chi connectivity index (χ1) is 9.75. The highest BCUT2D eigenvalue weighted by atomic mass is 32.2. The van der Waals surface area contributed by atoms with Gasteiger partial charge in [0.05, 0.1) is 12.1 Å². The number of fused-ring (bicyclic) bond motifs is 1. The van der Waals surface area contributed by atoms with E-state index >= 15 is 0 Å². The van der Waals surface area contributed by atoms with Crippen molar-refractivity contribution < 1.29 is 22.3 Å². The van der Waals surface area contributed by atoms with E-state index in [2.05, 4.69) is 4.98 Å². The third-order valence-electron chi connectivity index (χ3n) is 2.85. The highest BCUT2D eigenvalue weighted by molar-refractivity contribution is 7.89. The predicted octanol–water partition coefficient (Wildman–Crippen LogP) is 1.45. The molecule has 0 aliphatic heterocycles. The van der Waals surface area contributed by atoms with Crippen LogP contribution in [0.25, 0.3) is 10.9 Å². The van der Waals surface area contributed by atoms with E-state index < -0.39 is 29.1 Å². The Kier molecular flexibility index (Phi) is 4.22. The molecule has 1 aromatic carbocycles. The van der Waals surface area contributed by atoms with E-state index in [4.69, 9.17) is 5.11 Å². The van der Waals surface area contributed by atoms with Crippen molar-refractivity contribution in [2.45, 2.75) is 17.7 Å². The number of aromatic nitrogens is 1. The summed E-state index contributed by atoms with van der Waals surface area (Å²) >= 11 is 0. The van der Waals surface area contributed by atoms with Crippen LogP contribution < -0.4 is 4.72 Å². The Bertz CT molecular complexity index is 763. The number of alkyl halides is 2. The fourth-order valence-electron chi connectivity index (χ4n) is 1.79. The molecule has 5 nitrogen and oxygen atoms in total. The minimum Gasteiger partial charge on any atom is -0.390 e. The van der Waals surface area contributed by atoms with Crippen LogP contribution in [0.5, 0.6) is 0 Å². The predicted molar refractivity (Wildman–Crippen MR) is 73.7 cm³/mol. The van der Waals surface area contributed by atoms with E-state index in [0.717, 1.165) is 5.56 Å². The highest BCUT2D eigenvalue weighted by Crippen LogP contribution is 2.22. The van der Waals surface area contributed by atoms with Gasteiger partial charge >= 0.3 is 0 Å². The van der Waals surface area contributed by atoms with E-state index in [0.29, 0.717) is 5.39 Å². The molecule has 114 valence electrons. The summed E-state index contributed by atoms with van der Waals surface area (Å²) in [4.78, 5) is 3.88. The molecule has 8 heteroatoms. The summed E-state index contributed by atoms with van der Waals surface area (Å²) in [7, 11) is -4.15. The van der Waals surface area contributed by atoms with Crippen LogP contribution in [0.1, 0.15) is 5.56 Å². The van der Waals surface area contributed by atoms with Gasteiger partial charge in [-0.25, -0.2) is 21.9 Å². The van der Waals surface area contributed by atoms with Gasteiger partial charge in [-0.2, -0.15) is 0 Å². The number of aryl methyl sites for hydroxylation is 1. The zero-order valence-electron chi connectivity index (χ0n) is 11.2. The van der Waals surface area contributed by atoms with E-state index in [9.17, 15) is 17.2 Å². The number of rotatable bonds is 5. The number of nitrogens with zero attached hydrogens (tertiary/aromatic N) is 1. The van der Waals surface area contributed by atoms with Gasteiger partial charge in [-0.3, -0.25) is 4.98 Å². The second kappa shape index (κ2) is 5.63. The number of nitrogens with one attached hydrogen (secondary N) is 1. The average molecular weight is 316 g/mol. The molecule has 0 aliphatic carbocycles. The Hall–Kier alpha value is -1.64. The summed E-state index contributed by atoms with van der Waals surface area (Å²) in [5.41, 5.74) is 1.07. The molecule has 0 saturated carbocycles. The summed E-state index contributed by atoms with van der Waals surface area (Å²) in [6.45, 7) is -0.787. The zero-order chi connectivity index (χ0) is 15.7. The van der Waals surface area contributed by atoms with Crippen LogP contribution in [0, 0.1) is 6.92 Å². The molecule has 1 aromatic heterocycles. The summed E-state index contributed by atoms with van der Waals surface area (Å²) in [5, 5.41) is 9.07. The fraction of sp³-hybridized carbons (Fsp3) is 0.308. The molecular formula is C13H14F2N2O3S. The number of pyridine rings is 1. The Morgan fingerprint density at radius 2 is 2.10 bits per heavy atom. The Balaban J connectivity index is 2.41. The number of aliphatic hydroxyl groups is 1. The van der Waals surface area contributed by atoms with Crippen molar-refractivity contribution in [3.05, 3.63) is 36.0 Å². The number of hydrogen-bond acceptors (Lipinski definition) is 4. The first-order valence-corrected chi connectivity index (χ1v) is 7.57. The minimum absolute atomic E-state index is 0.172. The zero-order valence-corrected chi connectivity index (χ0v) is 12.0. The number of para-hydroxylation sites is 1. The van der Waals surface area contributed by atoms with Gasteiger partial charge in [-0.05, 0) is 24.6 Å². The molecule has 0 saturated heterocycles. The third kappa shape index (κ3) is 3.52. The van der Waals surface area contributed by atoms with Crippen LogP contribution in [-0.2, 0) is 10.0 Å². The first kappa shape index (κ1) is 15.7. The van der Waals surface area contributed by atoms with Crippen molar-refractivity contribution in [1.82, 2.24) is 9.71 Å². The topological polar surface area (TPSA) is 79.3 Å². The summed E-state index contributed by atoms with van der Waals surface area (Å²) in [5.74, 6) is -3.51. The van der Waals surface area contributed by atoms with Gasteiger partial charge in [0.2, 0.25) is 10.0 Å². The molecule has 0 atom stereocenters. The maximum Gasteiger partial charge on any atom is 0.283 e. The molecule has 2 aromatic rings.